The average molecular weight is 368 g/mol. The van der Waals surface area contributed by atoms with Crippen LogP contribution in [-0.4, -0.2) is 53.3 Å². The number of nitrogens with two attached hydrogens (primary N) is 1. The van der Waals surface area contributed by atoms with Gasteiger partial charge in [0.05, 0.1) is 29.9 Å². The third kappa shape index (κ3) is 4.55. The summed E-state index contributed by atoms with van der Waals surface area (Å²) in [4.78, 5) is 16.0. The first-order valence-electron chi connectivity index (χ1n) is 8.23. The first-order valence-corrected chi connectivity index (χ1v) is 10.1. The molecule has 1 saturated heterocycles. The number of carbonyl (C=O) groups is 1. The molecule has 0 amide bonds. The normalized spacial score (nSPS) is 18.6. The van der Waals surface area contributed by atoms with E-state index in [2.05, 4.69) is 10.1 Å². The van der Waals surface area contributed by atoms with E-state index in [4.69, 9.17) is 10.5 Å². The molecule has 25 heavy (non-hydrogen) atoms. The van der Waals surface area contributed by atoms with Gasteiger partial charge in [0.2, 0.25) is 0 Å². The van der Waals surface area contributed by atoms with Crippen LogP contribution in [0, 0.1) is 6.92 Å². The van der Waals surface area contributed by atoms with Crippen LogP contribution in [0.25, 0.3) is 11.0 Å². The number of hydrogen-bond acceptors (Lipinski definition) is 7. The van der Waals surface area contributed by atoms with Crippen molar-refractivity contribution in [3.63, 3.8) is 0 Å². The van der Waals surface area contributed by atoms with Gasteiger partial charge in [0.25, 0.3) is 0 Å². The number of nitrogens with zero attached hydrogens (tertiary/aromatic N) is 3. The Balaban J connectivity index is 0.000000236. The van der Waals surface area contributed by atoms with Crippen LogP contribution in [-0.2, 0) is 21.1 Å². The maximum absolute atomic E-state index is 11.7. The van der Waals surface area contributed by atoms with Crippen LogP contribution in [0.2, 0.25) is 0 Å². The molecule has 0 aliphatic carbocycles. The van der Waals surface area contributed by atoms with Crippen LogP contribution in [0.1, 0.15) is 36.2 Å². The van der Waals surface area contributed by atoms with E-state index < -0.39 is 9.84 Å². The second-order valence-corrected chi connectivity index (χ2v) is 8.11. The molecule has 8 nitrogen and oxygen atoms in total. The molecule has 1 unspecified atom stereocenters. The highest BCUT2D eigenvalue weighted by molar-refractivity contribution is 7.91. The second-order valence-electron chi connectivity index (χ2n) is 5.88. The molecule has 2 aromatic heterocycles. The van der Waals surface area contributed by atoms with Crippen molar-refractivity contribution < 1.29 is 17.9 Å². The molecule has 2 aromatic rings. The van der Waals surface area contributed by atoms with Gasteiger partial charge in [0, 0.05) is 24.2 Å². The molecule has 0 saturated carbocycles. The Labute approximate surface area is 147 Å². The maximum Gasteiger partial charge on any atom is 0.339 e. The van der Waals surface area contributed by atoms with Gasteiger partial charge >= 0.3 is 5.97 Å². The van der Waals surface area contributed by atoms with E-state index in [1.807, 2.05) is 13.8 Å². The predicted molar refractivity (Wildman–Crippen MR) is 95.1 cm³/mol. The van der Waals surface area contributed by atoms with E-state index in [-0.39, 0.29) is 23.5 Å². The summed E-state index contributed by atoms with van der Waals surface area (Å²) < 4.78 is 27.9. The van der Waals surface area contributed by atoms with Crippen molar-refractivity contribution in [2.75, 3.05) is 18.1 Å². The van der Waals surface area contributed by atoms with Crippen LogP contribution in [0.4, 0.5) is 0 Å². The smallest absolute Gasteiger partial charge is 0.339 e. The molecule has 0 spiro atoms. The summed E-state index contributed by atoms with van der Waals surface area (Å²) in [5.41, 5.74) is 7.51. The number of carbonyl (C=O) groups excluding carboxylic acids is 1. The fourth-order valence-corrected chi connectivity index (χ4v) is 4.26. The molecule has 3 rings (SSSR count). The summed E-state index contributed by atoms with van der Waals surface area (Å²) in [6.07, 6.45) is 3.94. The molecule has 1 aliphatic rings. The highest BCUT2D eigenvalue weighted by Crippen LogP contribution is 2.20. The van der Waals surface area contributed by atoms with Crippen molar-refractivity contribution in [2.24, 2.45) is 5.73 Å². The molecule has 1 aliphatic heterocycles. The molecular weight excluding hydrogens is 344 g/mol. The standard InChI is InChI=1S/C12H15N3O2.C4H9NO2S/c1-4-15-11-9(7-14-15)8(3)10(6-13-11)12(16)17-5-2;5-4-1-2-8(6,7)3-4/h6-7H,4-5H2,1-3H3;4H,1-3,5H2. The molecule has 3 heterocycles. The van der Waals surface area contributed by atoms with Gasteiger partial charge in [0.15, 0.2) is 15.5 Å². The van der Waals surface area contributed by atoms with Crippen molar-refractivity contribution in [1.29, 1.82) is 0 Å². The highest BCUT2D eigenvalue weighted by Gasteiger charge is 2.24. The van der Waals surface area contributed by atoms with E-state index >= 15 is 0 Å². The van der Waals surface area contributed by atoms with Crippen molar-refractivity contribution in [2.45, 2.75) is 39.8 Å². The zero-order valence-electron chi connectivity index (χ0n) is 14.7. The van der Waals surface area contributed by atoms with Crippen LogP contribution >= 0.6 is 0 Å². The van der Waals surface area contributed by atoms with Crippen LogP contribution < -0.4 is 5.73 Å². The molecular formula is C16H24N4O4S. The van der Waals surface area contributed by atoms with Gasteiger partial charge in [-0.05, 0) is 32.8 Å². The number of ether oxygens (including phenoxy) is 1. The minimum Gasteiger partial charge on any atom is -0.462 e. The number of rotatable bonds is 3. The van der Waals surface area contributed by atoms with E-state index in [1.165, 1.54) is 0 Å². The van der Waals surface area contributed by atoms with Crippen LogP contribution in [0.15, 0.2) is 12.4 Å². The third-order valence-corrected chi connectivity index (χ3v) is 5.79. The van der Waals surface area contributed by atoms with Crippen molar-refractivity contribution in [3.8, 4) is 0 Å². The fourth-order valence-electron chi connectivity index (χ4n) is 2.62. The Morgan fingerprint density at radius 2 is 2.12 bits per heavy atom. The monoisotopic (exact) mass is 368 g/mol. The van der Waals surface area contributed by atoms with Gasteiger partial charge in [0.1, 0.15) is 0 Å². The quantitative estimate of drug-likeness (QED) is 0.805. The first-order chi connectivity index (χ1) is 11.8. The summed E-state index contributed by atoms with van der Waals surface area (Å²) in [5.74, 6) is 0.143. The van der Waals surface area contributed by atoms with Gasteiger partial charge in [-0.15, -0.1) is 0 Å². The van der Waals surface area contributed by atoms with Crippen molar-refractivity contribution in [3.05, 3.63) is 23.5 Å². The predicted octanol–water partition coefficient (Wildman–Crippen LogP) is 1.07. The Hall–Kier alpha value is -2.00. The molecule has 9 heteroatoms. The van der Waals surface area contributed by atoms with E-state index in [1.54, 1.807) is 24.0 Å². The van der Waals surface area contributed by atoms with Gasteiger partial charge in [-0.3, -0.25) is 0 Å². The number of hydrogen-bond donors (Lipinski definition) is 1. The summed E-state index contributed by atoms with van der Waals surface area (Å²) in [5, 5.41) is 5.12. The molecule has 0 bridgehead atoms. The fraction of sp³-hybridized carbons (Fsp3) is 0.562. The molecule has 2 N–H and O–H groups in total. The zero-order chi connectivity index (χ0) is 18.6. The van der Waals surface area contributed by atoms with Gasteiger partial charge < -0.3 is 10.5 Å². The summed E-state index contributed by atoms with van der Waals surface area (Å²) >= 11 is 0. The van der Waals surface area contributed by atoms with E-state index in [9.17, 15) is 13.2 Å². The average Bonchev–Trinajstić information content (AvgIpc) is 3.11. The van der Waals surface area contributed by atoms with Crippen molar-refractivity contribution in [1.82, 2.24) is 14.8 Å². The van der Waals surface area contributed by atoms with Gasteiger partial charge in [-0.2, -0.15) is 5.10 Å². The molecule has 1 fully saturated rings. The number of aryl methyl sites for hydroxylation is 2. The Morgan fingerprint density at radius 1 is 1.40 bits per heavy atom. The molecule has 138 valence electrons. The third-order valence-electron chi connectivity index (χ3n) is 4.00. The summed E-state index contributed by atoms with van der Waals surface area (Å²) in [7, 11) is -2.72. The molecule has 0 aromatic carbocycles. The topological polar surface area (TPSA) is 117 Å². The number of fused-ring (bicyclic) bond motifs is 1. The van der Waals surface area contributed by atoms with E-state index in [0.717, 1.165) is 23.1 Å². The van der Waals surface area contributed by atoms with Crippen molar-refractivity contribution >= 4 is 26.8 Å². The maximum atomic E-state index is 11.7. The lowest BCUT2D eigenvalue weighted by molar-refractivity contribution is 0.0525. The minimum absolute atomic E-state index is 0.0972. The number of aromatic nitrogens is 3. The molecule has 1 atom stereocenters. The second kappa shape index (κ2) is 7.92. The zero-order valence-corrected chi connectivity index (χ0v) is 15.5. The Morgan fingerprint density at radius 3 is 2.60 bits per heavy atom. The van der Waals surface area contributed by atoms with Gasteiger partial charge in [-0.1, -0.05) is 0 Å². The Kier molecular flexibility index (Phi) is 6.12. The summed E-state index contributed by atoms with van der Waals surface area (Å²) in [6.45, 7) is 6.80. The lowest BCUT2D eigenvalue weighted by atomic mass is 10.1. The lowest BCUT2D eigenvalue weighted by Gasteiger charge is -2.06. The molecule has 0 radical (unpaired) electrons. The summed E-state index contributed by atoms with van der Waals surface area (Å²) in [6, 6.07) is -0.0972. The van der Waals surface area contributed by atoms with E-state index in [0.29, 0.717) is 18.6 Å². The minimum atomic E-state index is -2.72. The number of pyridine rings is 1. The number of esters is 1. The van der Waals surface area contributed by atoms with Crippen LogP contribution in [0.5, 0.6) is 0 Å². The first kappa shape index (κ1) is 19.3. The number of sulfone groups is 1. The SMILES string of the molecule is CCOC(=O)c1cnc2c(cnn2CC)c1C.NC1CCS(=O)(=O)C1. The highest BCUT2D eigenvalue weighted by atomic mass is 32.2. The lowest BCUT2D eigenvalue weighted by Crippen LogP contribution is -2.20. The van der Waals surface area contributed by atoms with Crippen LogP contribution in [0.3, 0.4) is 0 Å². The Bertz CT molecular complexity index is 860. The largest absolute Gasteiger partial charge is 0.462 e. The van der Waals surface area contributed by atoms with Gasteiger partial charge in [-0.25, -0.2) is 22.9 Å².